The van der Waals surface area contributed by atoms with Crippen LogP contribution in [0.1, 0.15) is 11.4 Å². The highest BCUT2D eigenvalue weighted by Crippen LogP contribution is 2.37. The number of hydrogen-bond acceptors (Lipinski definition) is 7. The molecule has 3 heterocycles. The number of aryl methyl sites for hydroxylation is 2. The Hall–Kier alpha value is -3.18. The normalized spacial score (nSPS) is 13.7. The van der Waals surface area contributed by atoms with Crippen LogP contribution >= 0.6 is 11.3 Å². The molecule has 0 aliphatic carbocycles. The van der Waals surface area contributed by atoms with E-state index in [9.17, 15) is 13.2 Å². The second kappa shape index (κ2) is 7.58. The SMILES string of the molecule is C=CCN1C(=O)COc2ccc(-c3csc(NS(=O)(=O)c4c(C)n[nH]c4C)n3)cc21. The van der Waals surface area contributed by atoms with E-state index in [1.54, 1.807) is 42.3 Å². The third-order valence-corrected chi connectivity index (χ3v) is 7.05. The van der Waals surface area contributed by atoms with Crippen molar-refractivity contribution in [1.29, 1.82) is 0 Å². The van der Waals surface area contributed by atoms with Crippen molar-refractivity contribution < 1.29 is 17.9 Å². The molecular weight excluding hydrogens is 426 g/mol. The van der Waals surface area contributed by atoms with E-state index in [0.29, 0.717) is 35.1 Å². The first-order valence-electron chi connectivity index (χ1n) is 8.98. The van der Waals surface area contributed by atoms with E-state index in [0.717, 1.165) is 5.56 Å². The van der Waals surface area contributed by atoms with Crippen LogP contribution in [-0.2, 0) is 14.8 Å². The second-order valence-electron chi connectivity index (χ2n) is 6.67. The van der Waals surface area contributed by atoms with Gasteiger partial charge in [0.2, 0.25) is 0 Å². The molecule has 0 saturated heterocycles. The Morgan fingerprint density at radius 3 is 2.90 bits per heavy atom. The number of nitrogens with zero attached hydrogens (tertiary/aromatic N) is 3. The number of rotatable bonds is 6. The summed E-state index contributed by atoms with van der Waals surface area (Å²) in [5.74, 6) is 0.444. The number of amides is 1. The highest BCUT2D eigenvalue weighted by atomic mass is 32.2. The van der Waals surface area contributed by atoms with Crippen LogP contribution in [0.2, 0.25) is 0 Å². The van der Waals surface area contributed by atoms with Gasteiger partial charge in [0.15, 0.2) is 11.7 Å². The third kappa shape index (κ3) is 3.57. The summed E-state index contributed by atoms with van der Waals surface area (Å²) in [6.45, 7) is 7.31. The van der Waals surface area contributed by atoms with Crippen LogP contribution in [0.25, 0.3) is 11.3 Å². The molecule has 0 bridgehead atoms. The highest BCUT2D eigenvalue weighted by Gasteiger charge is 2.26. The summed E-state index contributed by atoms with van der Waals surface area (Å²) in [4.78, 5) is 18.3. The van der Waals surface area contributed by atoms with Gasteiger partial charge in [0, 0.05) is 17.5 Å². The summed E-state index contributed by atoms with van der Waals surface area (Å²) in [6, 6.07) is 5.39. The number of thiazole rings is 1. The molecule has 156 valence electrons. The van der Waals surface area contributed by atoms with Crippen LogP contribution < -0.4 is 14.4 Å². The number of nitrogens with one attached hydrogen (secondary N) is 2. The average Bonchev–Trinajstić information content (AvgIpc) is 3.29. The van der Waals surface area contributed by atoms with Crippen molar-refractivity contribution >= 4 is 38.1 Å². The molecule has 0 fully saturated rings. The van der Waals surface area contributed by atoms with Gasteiger partial charge >= 0.3 is 0 Å². The number of hydrogen-bond donors (Lipinski definition) is 2. The molecule has 0 unspecified atom stereocenters. The van der Waals surface area contributed by atoms with Crippen LogP contribution in [-0.4, -0.2) is 42.7 Å². The summed E-state index contributed by atoms with van der Waals surface area (Å²) in [7, 11) is -3.82. The van der Waals surface area contributed by atoms with Gasteiger partial charge in [-0.2, -0.15) is 5.10 Å². The van der Waals surface area contributed by atoms with Gasteiger partial charge in [-0.25, -0.2) is 13.4 Å². The number of sulfonamides is 1. The molecule has 30 heavy (non-hydrogen) atoms. The minimum atomic E-state index is -3.82. The zero-order valence-corrected chi connectivity index (χ0v) is 17.9. The predicted octanol–water partition coefficient (Wildman–Crippen LogP) is 2.86. The molecule has 1 aliphatic rings. The molecule has 1 aliphatic heterocycles. The van der Waals surface area contributed by atoms with E-state index in [-0.39, 0.29) is 22.5 Å². The summed E-state index contributed by atoms with van der Waals surface area (Å²) in [6.07, 6.45) is 1.65. The Morgan fingerprint density at radius 1 is 1.40 bits per heavy atom. The van der Waals surface area contributed by atoms with Gasteiger partial charge in [0.25, 0.3) is 15.9 Å². The van der Waals surface area contributed by atoms with Gasteiger partial charge in [-0.3, -0.25) is 14.6 Å². The van der Waals surface area contributed by atoms with E-state index in [1.807, 2.05) is 6.07 Å². The smallest absolute Gasteiger partial charge is 0.267 e. The third-order valence-electron chi connectivity index (χ3n) is 4.56. The van der Waals surface area contributed by atoms with Gasteiger partial charge in [0.05, 0.1) is 22.8 Å². The maximum Gasteiger partial charge on any atom is 0.267 e. The summed E-state index contributed by atoms with van der Waals surface area (Å²) >= 11 is 1.17. The lowest BCUT2D eigenvalue weighted by Gasteiger charge is -2.28. The molecule has 0 radical (unpaired) electrons. The van der Waals surface area contributed by atoms with Crippen molar-refractivity contribution in [3.05, 3.63) is 47.6 Å². The van der Waals surface area contributed by atoms with Gasteiger partial charge in [-0.05, 0) is 32.0 Å². The summed E-state index contributed by atoms with van der Waals surface area (Å²) in [5, 5.41) is 8.59. The number of aromatic nitrogens is 3. The molecular formula is C19H19N5O4S2. The van der Waals surface area contributed by atoms with Crippen molar-refractivity contribution in [2.75, 3.05) is 22.8 Å². The first kappa shape index (κ1) is 20.1. The van der Waals surface area contributed by atoms with Gasteiger partial charge < -0.3 is 9.64 Å². The Labute approximate surface area is 177 Å². The van der Waals surface area contributed by atoms with E-state index >= 15 is 0 Å². The van der Waals surface area contributed by atoms with E-state index in [4.69, 9.17) is 4.74 Å². The Bertz CT molecular complexity index is 1230. The molecule has 1 amide bonds. The van der Waals surface area contributed by atoms with E-state index in [2.05, 4.69) is 26.5 Å². The predicted molar refractivity (Wildman–Crippen MR) is 114 cm³/mol. The van der Waals surface area contributed by atoms with Crippen molar-refractivity contribution in [3.63, 3.8) is 0 Å². The largest absolute Gasteiger partial charge is 0.482 e. The lowest BCUT2D eigenvalue weighted by Crippen LogP contribution is -2.38. The maximum atomic E-state index is 12.7. The molecule has 0 atom stereocenters. The summed E-state index contributed by atoms with van der Waals surface area (Å²) in [5.41, 5.74) is 2.79. The number of aromatic amines is 1. The standard InChI is InChI=1S/C19H19N5O4S2/c1-4-7-24-15-8-13(5-6-16(15)28-9-17(24)25)14-10-29-19(20-14)23-30(26,27)18-11(2)21-22-12(18)3/h4-6,8,10H,1,7,9H2,2-3H3,(H,20,23)(H,21,22). The van der Waals surface area contributed by atoms with Crippen molar-refractivity contribution in [3.8, 4) is 17.0 Å². The topological polar surface area (TPSA) is 117 Å². The zero-order valence-electron chi connectivity index (χ0n) is 16.3. The molecule has 0 spiro atoms. The number of fused-ring (bicyclic) bond motifs is 1. The minimum Gasteiger partial charge on any atom is -0.482 e. The Morgan fingerprint density at radius 2 is 2.20 bits per heavy atom. The van der Waals surface area contributed by atoms with Crippen LogP contribution in [0.15, 0.2) is 41.1 Å². The number of anilines is 2. The molecule has 2 N–H and O–H groups in total. The second-order valence-corrected chi connectivity index (χ2v) is 9.15. The van der Waals surface area contributed by atoms with Gasteiger partial charge in [0.1, 0.15) is 10.6 Å². The van der Waals surface area contributed by atoms with E-state index in [1.165, 1.54) is 11.3 Å². The first-order chi connectivity index (χ1) is 14.3. The minimum absolute atomic E-state index is 0.0182. The fourth-order valence-electron chi connectivity index (χ4n) is 3.25. The molecule has 9 nitrogen and oxygen atoms in total. The molecule has 11 heteroatoms. The molecule has 1 aromatic carbocycles. The Balaban J connectivity index is 1.64. The van der Waals surface area contributed by atoms with Gasteiger partial charge in [-0.1, -0.05) is 6.08 Å². The fourth-order valence-corrected chi connectivity index (χ4v) is 5.59. The van der Waals surface area contributed by atoms with Crippen LogP contribution in [0, 0.1) is 13.8 Å². The first-order valence-corrected chi connectivity index (χ1v) is 11.3. The van der Waals surface area contributed by atoms with Crippen LogP contribution in [0.5, 0.6) is 5.75 Å². The number of H-pyrrole nitrogens is 1. The fraction of sp³-hybridized carbons (Fsp3) is 0.211. The quantitative estimate of drug-likeness (QED) is 0.564. The monoisotopic (exact) mass is 445 g/mol. The number of carbonyl (C=O) groups excluding carboxylic acids is 1. The maximum absolute atomic E-state index is 12.7. The number of benzene rings is 1. The molecule has 0 saturated carbocycles. The van der Waals surface area contributed by atoms with E-state index < -0.39 is 10.0 Å². The lowest BCUT2D eigenvalue weighted by molar-refractivity contribution is -0.121. The van der Waals surface area contributed by atoms with Gasteiger partial charge in [-0.15, -0.1) is 17.9 Å². The summed E-state index contributed by atoms with van der Waals surface area (Å²) < 4.78 is 33.4. The molecule has 3 aromatic rings. The highest BCUT2D eigenvalue weighted by molar-refractivity contribution is 7.93. The van der Waals surface area contributed by atoms with Crippen LogP contribution in [0.4, 0.5) is 10.8 Å². The molecule has 2 aromatic heterocycles. The van der Waals surface area contributed by atoms with Crippen molar-refractivity contribution in [2.45, 2.75) is 18.7 Å². The van der Waals surface area contributed by atoms with Crippen molar-refractivity contribution in [2.24, 2.45) is 0 Å². The molecule has 4 rings (SSSR count). The zero-order chi connectivity index (χ0) is 21.5. The Kier molecular flexibility index (Phi) is 5.08. The lowest BCUT2D eigenvalue weighted by atomic mass is 10.1. The van der Waals surface area contributed by atoms with Crippen molar-refractivity contribution in [1.82, 2.24) is 15.2 Å². The number of ether oxygens (including phenoxy) is 1. The van der Waals surface area contributed by atoms with Crippen LogP contribution in [0.3, 0.4) is 0 Å². The number of carbonyl (C=O) groups is 1. The average molecular weight is 446 g/mol.